The summed E-state index contributed by atoms with van der Waals surface area (Å²) in [5.74, 6) is 2.40. The minimum absolute atomic E-state index is 0.369. The number of methoxy groups -OCH3 is 1. The predicted octanol–water partition coefficient (Wildman–Crippen LogP) is 4.46. The van der Waals surface area contributed by atoms with Crippen LogP contribution in [-0.4, -0.2) is 29.7 Å². The van der Waals surface area contributed by atoms with E-state index in [0.717, 1.165) is 17.1 Å². The summed E-state index contributed by atoms with van der Waals surface area (Å²) in [6.45, 7) is 4.41. The van der Waals surface area contributed by atoms with E-state index >= 15 is 0 Å². The molecule has 0 fully saturated rings. The molecule has 0 aliphatic rings. The molecular weight excluding hydrogens is 356 g/mol. The second-order valence-corrected chi connectivity index (χ2v) is 5.96. The Morgan fingerprint density at radius 2 is 1.46 bits per heavy atom. The molecular formula is C21H22N4O3. The van der Waals surface area contributed by atoms with E-state index in [-0.39, 0.29) is 5.97 Å². The number of ether oxygens (including phenoxy) is 2. The zero-order valence-electron chi connectivity index (χ0n) is 16.0. The van der Waals surface area contributed by atoms with Crippen LogP contribution in [0.25, 0.3) is 0 Å². The van der Waals surface area contributed by atoms with Crippen LogP contribution in [0.5, 0.6) is 5.75 Å². The van der Waals surface area contributed by atoms with Gasteiger partial charge in [0.15, 0.2) is 0 Å². The quantitative estimate of drug-likeness (QED) is 0.587. The monoisotopic (exact) mass is 378 g/mol. The van der Waals surface area contributed by atoms with Crippen LogP contribution in [0.1, 0.15) is 23.1 Å². The molecule has 28 heavy (non-hydrogen) atoms. The third kappa shape index (κ3) is 4.97. The molecule has 0 aliphatic heterocycles. The third-order valence-electron chi connectivity index (χ3n) is 3.85. The summed E-state index contributed by atoms with van der Waals surface area (Å²) in [5, 5.41) is 6.48. The molecule has 0 unspecified atom stereocenters. The summed E-state index contributed by atoms with van der Waals surface area (Å²) >= 11 is 0. The Labute approximate surface area is 163 Å². The number of hydrogen-bond donors (Lipinski definition) is 2. The number of anilines is 4. The van der Waals surface area contributed by atoms with Crippen LogP contribution in [0.3, 0.4) is 0 Å². The molecule has 2 aromatic carbocycles. The Hall–Kier alpha value is -3.61. The van der Waals surface area contributed by atoms with Crippen LogP contribution in [0.4, 0.5) is 23.0 Å². The van der Waals surface area contributed by atoms with Crippen LogP contribution >= 0.6 is 0 Å². The van der Waals surface area contributed by atoms with Gasteiger partial charge in [0.25, 0.3) is 0 Å². The second kappa shape index (κ2) is 8.85. The molecule has 0 amide bonds. The fraction of sp³-hybridized carbons (Fsp3) is 0.190. The molecule has 3 aromatic rings. The normalized spacial score (nSPS) is 10.2. The highest BCUT2D eigenvalue weighted by atomic mass is 16.5. The molecule has 1 aromatic heterocycles. The average molecular weight is 378 g/mol. The SMILES string of the molecule is CCOc1ccc(Nc2cc(Nc3ccc(C(=O)OC)cc3)nc(C)n2)cc1. The Balaban J connectivity index is 1.73. The van der Waals surface area contributed by atoms with Crippen molar-refractivity contribution in [1.82, 2.24) is 9.97 Å². The number of aromatic nitrogens is 2. The van der Waals surface area contributed by atoms with Crippen LogP contribution in [0.2, 0.25) is 0 Å². The Morgan fingerprint density at radius 1 is 0.929 bits per heavy atom. The van der Waals surface area contributed by atoms with Crippen molar-refractivity contribution < 1.29 is 14.3 Å². The third-order valence-corrected chi connectivity index (χ3v) is 3.85. The lowest BCUT2D eigenvalue weighted by atomic mass is 10.2. The highest BCUT2D eigenvalue weighted by molar-refractivity contribution is 5.89. The Bertz CT molecular complexity index is 941. The zero-order valence-corrected chi connectivity index (χ0v) is 16.0. The smallest absolute Gasteiger partial charge is 0.337 e. The maximum absolute atomic E-state index is 11.5. The molecule has 0 saturated carbocycles. The van der Waals surface area contributed by atoms with Crippen molar-refractivity contribution in [1.29, 1.82) is 0 Å². The van der Waals surface area contributed by atoms with Crippen molar-refractivity contribution in [2.45, 2.75) is 13.8 Å². The van der Waals surface area contributed by atoms with E-state index in [4.69, 9.17) is 9.47 Å². The van der Waals surface area contributed by atoms with Gasteiger partial charge < -0.3 is 20.1 Å². The van der Waals surface area contributed by atoms with Gasteiger partial charge in [-0.05, 0) is 62.4 Å². The molecule has 144 valence electrons. The number of esters is 1. The summed E-state index contributed by atoms with van der Waals surface area (Å²) in [6.07, 6.45) is 0. The second-order valence-electron chi connectivity index (χ2n) is 5.96. The number of rotatable bonds is 7. The van der Waals surface area contributed by atoms with Gasteiger partial charge in [-0.1, -0.05) is 0 Å². The molecule has 1 heterocycles. The molecule has 0 aliphatic carbocycles. The van der Waals surface area contributed by atoms with Gasteiger partial charge in [-0.25, -0.2) is 14.8 Å². The average Bonchev–Trinajstić information content (AvgIpc) is 2.69. The van der Waals surface area contributed by atoms with Crippen molar-refractivity contribution in [2.75, 3.05) is 24.4 Å². The van der Waals surface area contributed by atoms with Crippen molar-refractivity contribution >= 4 is 29.0 Å². The molecule has 0 saturated heterocycles. The summed E-state index contributed by atoms with van der Waals surface area (Å²) in [6, 6.07) is 16.5. The van der Waals surface area contributed by atoms with Crippen molar-refractivity contribution in [3.05, 3.63) is 66.0 Å². The van der Waals surface area contributed by atoms with Crippen molar-refractivity contribution in [2.24, 2.45) is 0 Å². The largest absolute Gasteiger partial charge is 0.494 e. The van der Waals surface area contributed by atoms with E-state index in [9.17, 15) is 4.79 Å². The first kappa shape index (κ1) is 19.2. The number of carbonyl (C=O) groups excluding carboxylic acids is 1. The van der Waals surface area contributed by atoms with E-state index in [0.29, 0.717) is 29.6 Å². The number of aryl methyl sites for hydroxylation is 1. The lowest BCUT2D eigenvalue weighted by Crippen LogP contribution is -2.03. The molecule has 0 bridgehead atoms. The topological polar surface area (TPSA) is 85.4 Å². The fourth-order valence-electron chi connectivity index (χ4n) is 2.60. The molecule has 3 rings (SSSR count). The maximum Gasteiger partial charge on any atom is 0.337 e. The molecule has 0 atom stereocenters. The summed E-state index contributed by atoms with van der Waals surface area (Å²) < 4.78 is 10.2. The predicted molar refractivity (Wildman–Crippen MR) is 109 cm³/mol. The number of nitrogens with one attached hydrogen (secondary N) is 2. The fourth-order valence-corrected chi connectivity index (χ4v) is 2.60. The molecule has 0 spiro atoms. The Morgan fingerprint density at radius 3 is 1.96 bits per heavy atom. The molecule has 2 N–H and O–H groups in total. The van der Waals surface area contributed by atoms with Crippen LogP contribution in [0, 0.1) is 6.92 Å². The molecule has 7 nitrogen and oxygen atoms in total. The van der Waals surface area contributed by atoms with E-state index in [2.05, 4.69) is 20.6 Å². The highest BCUT2D eigenvalue weighted by Gasteiger charge is 2.06. The van der Waals surface area contributed by atoms with E-state index in [1.54, 1.807) is 24.3 Å². The number of nitrogens with zero attached hydrogens (tertiary/aromatic N) is 2. The van der Waals surface area contributed by atoms with E-state index in [1.165, 1.54) is 7.11 Å². The summed E-state index contributed by atoms with van der Waals surface area (Å²) in [5.41, 5.74) is 2.19. The lowest BCUT2D eigenvalue weighted by Gasteiger charge is -2.11. The van der Waals surface area contributed by atoms with Crippen LogP contribution < -0.4 is 15.4 Å². The summed E-state index contributed by atoms with van der Waals surface area (Å²) in [4.78, 5) is 20.4. The van der Waals surface area contributed by atoms with Crippen molar-refractivity contribution in [3.63, 3.8) is 0 Å². The van der Waals surface area contributed by atoms with Crippen LogP contribution in [0.15, 0.2) is 54.6 Å². The van der Waals surface area contributed by atoms with E-state index in [1.807, 2.05) is 44.2 Å². The minimum atomic E-state index is -0.369. The van der Waals surface area contributed by atoms with Crippen LogP contribution in [-0.2, 0) is 4.74 Å². The lowest BCUT2D eigenvalue weighted by molar-refractivity contribution is 0.0601. The number of benzene rings is 2. The van der Waals surface area contributed by atoms with Gasteiger partial charge in [0.2, 0.25) is 0 Å². The first-order valence-corrected chi connectivity index (χ1v) is 8.88. The maximum atomic E-state index is 11.5. The standard InChI is InChI=1S/C21H22N4O3/c1-4-28-18-11-9-17(10-12-18)25-20-13-19(22-14(2)23-20)24-16-7-5-15(6-8-16)21(26)27-3/h5-13H,4H2,1-3H3,(H2,22,23,24,25). The summed E-state index contributed by atoms with van der Waals surface area (Å²) in [7, 11) is 1.36. The zero-order chi connectivity index (χ0) is 19.9. The molecule has 7 heteroatoms. The van der Waals surface area contributed by atoms with Gasteiger partial charge in [-0.3, -0.25) is 0 Å². The highest BCUT2D eigenvalue weighted by Crippen LogP contribution is 2.22. The first-order chi connectivity index (χ1) is 13.6. The minimum Gasteiger partial charge on any atom is -0.494 e. The number of carbonyl (C=O) groups is 1. The molecule has 0 radical (unpaired) electrons. The van der Waals surface area contributed by atoms with Gasteiger partial charge in [0.05, 0.1) is 19.3 Å². The van der Waals surface area contributed by atoms with Crippen molar-refractivity contribution in [3.8, 4) is 5.75 Å². The Kier molecular flexibility index (Phi) is 6.06. The first-order valence-electron chi connectivity index (χ1n) is 8.88. The van der Waals surface area contributed by atoms with Gasteiger partial charge in [0, 0.05) is 17.4 Å². The van der Waals surface area contributed by atoms with Gasteiger partial charge in [-0.15, -0.1) is 0 Å². The van der Waals surface area contributed by atoms with E-state index < -0.39 is 0 Å². The van der Waals surface area contributed by atoms with Gasteiger partial charge in [-0.2, -0.15) is 0 Å². The number of hydrogen-bond acceptors (Lipinski definition) is 7. The van der Waals surface area contributed by atoms with Gasteiger partial charge >= 0.3 is 5.97 Å². The van der Waals surface area contributed by atoms with Gasteiger partial charge in [0.1, 0.15) is 23.2 Å².